The summed E-state index contributed by atoms with van der Waals surface area (Å²) in [6.07, 6.45) is 83.9. The monoisotopic (exact) mass is 1540 g/mol. The minimum atomic E-state index is -4.98. The maximum absolute atomic E-state index is 13.1. The van der Waals surface area contributed by atoms with Crippen molar-refractivity contribution in [3.63, 3.8) is 0 Å². The number of phosphoric ester groups is 2. The van der Waals surface area contributed by atoms with E-state index in [1.54, 1.807) is 0 Å². The molecule has 0 aromatic heterocycles. The molecule has 106 heavy (non-hydrogen) atoms. The molecule has 0 spiro atoms. The van der Waals surface area contributed by atoms with Gasteiger partial charge >= 0.3 is 39.5 Å². The second-order valence-electron chi connectivity index (χ2n) is 28.8. The van der Waals surface area contributed by atoms with Crippen molar-refractivity contribution >= 4 is 39.5 Å². The van der Waals surface area contributed by atoms with Crippen LogP contribution >= 0.6 is 15.6 Å². The average molecular weight is 1540 g/mol. The number of aliphatic hydroxyl groups excluding tert-OH is 1. The normalized spacial score (nSPS) is 14.2. The molecule has 0 fully saturated rings. The number of phosphoric acid groups is 2. The first kappa shape index (κ1) is 102. The number of esters is 4. The molecule has 5 unspecified atom stereocenters. The quantitative estimate of drug-likeness (QED) is 0.0169. The zero-order valence-electron chi connectivity index (χ0n) is 67.6. The van der Waals surface area contributed by atoms with E-state index in [4.69, 9.17) is 37.0 Å². The van der Waals surface area contributed by atoms with E-state index in [2.05, 4.69) is 113 Å². The molecule has 616 valence electrons. The van der Waals surface area contributed by atoms with Crippen LogP contribution in [0.4, 0.5) is 0 Å². The lowest BCUT2D eigenvalue weighted by Crippen LogP contribution is -2.30. The summed E-state index contributed by atoms with van der Waals surface area (Å²) in [6.45, 7) is 4.80. The molecule has 0 heterocycles. The Morgan fingerprint density at radius 2 is 0.491 bits per heavy atom. The van der Waals surface area contributed by atoms with Gasteiger partial charge in [-0.25, -0.2) is 9.13 Å². The Bertz CT molecular complexity index is 2330. The van der Waals surface area contributed by atoms with Crippen molar-refractivity contribution in [2.24, 2.45) is 0 Å². The lowest BCUT2D eigenvalue weighted by molar-refractivity contribution is -0.161. The average Bonchev–Trinajstić information content (AvgIpc) is 0.903. The Labute approximate surface area is 646 Å². The third kappa shape index (κ3) is 78.4. The van der Waals surface area contributed by atoms with E-state index < -0.39 is 97.5 Å². The predicted molar refractivity (Wildman–Crippen MR) is 436 cm³/mol. The SMILES string of the molecule is CC/C=C\C/C=C\C/C=C\C/C=C\CCCCCCCCC(=O)OCC(COP(=O)(O)OCC(O)COP(=O)(O)OCC(COC(=O)CCCCCCCCCCCCCCCCC)OC(=O)CCCCCCCCCCCCCCC)OC(=O)CCCCCCCC/C=C\C/C=C\C/C=C\CCCCC. The first-order valence-electron chi connectivity index (χ1n) is 42.8. The van der Waals surface area contributed by atoms with Gasteiger partial charge in [0.25, 0.3) is 0 Å². The van der Waals surface area contributed by atoms with E-state index in [1.807, 2.05) is 0 Å². The van der Waals surface area contributed by atoms with Crippen LogP contribution in [0.5, 0.6) is 0 Å². The van der Waals surface area contributed by atoms with Gasteiger partial charge in [0.05, 0.1) is 26.4 Å². The topological polar surface area (TPSA) is 237 Å². The number of hydrogen-bond donors (Lipinski definition) is 3. The molecular formula is C87H156O17P2. The standard InChI is InChI=1S/C87H156O17P2/c1-5-9-13-17-21-25-29-33-36-38-40-42-45-49-52-56-60-64-68-72-85(90)98-78-83(104-87(92)74-70-66-62-58-54-50-46-43-41-39-37-34-30-26-22-18-14-10-6-2)80-102-106(95,96)100-76-81(88)75-99-105(93,94)101-79-82(103-86(91)73-69-65-61-57-53-47-32-28-24-20-16-12-8-4)77-97-84(89)71-67-63-59-55-51-48-44-35-31-27-23-19-15-11-7-3/h9,13,21-22,25-26,33-34,36-37,40-43,81-83,88H,5-8,10-12,14-20,23-24,27-32,35,38-39,44-80H2,1-4H3,(H,93,94)(H,95,96)/b13-9-,25-21-,26-22-,36-33-,37-34-,42-40-,43-41-. The summed E-state index contributed by atoms with van der Waals surface area (Å²) in [5.41, 5.74) is 0. The van der Waals surface area contributed by atoms with Gasteiger partial charge in [-0.1, -0.05) is 344 Å². The van der Waals surface area contributed by atoms with E-state index >= 15 is 0 Å². The minimum absolute atomic E-state index is 0.0785. The summed E-state index contributed by atoms with van der Waals surface area (Å²) in [7, 11) is -9.96. The number of carbonyl (C=O) groups is 4. The van der Waals surface area contributed by atoms with Gasteiger partial charge in [-0.2, -0.15) is 0 Å². The number of rotatable bonds is 81. The van der Waals surface area contributed by atoms with Gasteiger partial charge in [-0.15, -0.1) is 0 Å². The fraction of sp³-hybridized carbons (Fsp3) is 0.793. The highest BCUT2D eigenvalue weighted by Crippen LogP contribution is 2.45. The number of allylic oxidation sites excluding steroid dienone is 14. The number of unbranched alkanes of at least 4 members (excludes halogenated alkanes) is 41. The maximum Gasteiger partial charge on any atom is 0.472 e. The molecule has 0 saturated carbocycles. The number of carbonyl (C=O) groups excluding carboxylic acids is 4. The highest BCUT2D eigenvalue weighted by molar-refractivity contribution is 7.47. The molecule has 0 radical (unpaired) electrons. The van der Waals surface area contributed by atoms with Gasteiger partial charge in [0.2, 0.25) is 0 Å². The van der Waals surface area contributed by atoms with E-state index in [9.17, 15) is 43.2 Å². The van der Waals surface area contributed by atoms with Crippen LogP contribution in [0.1, 0.15) is 387 Å². The Morgan fingerprint density at radius 3 is 0.774 bits per heavy atom. The Balaban J connectivity index is 5.35. The smallest absolute Gasteiger partial charge is 0.462 e. The van der Waals surface area contributed by atoms with Crippen molar-refractivity contribution in [3.05, 3.63) is 85.1 Å². The van der Waals surface area contributed by atoms with Crippen LogP contribution < -0.4 is 0 Å². The molecule has 5 atom stereocenters. The molecule has 0 aliphatic carbocycles. The van der Waals surface area contributed by atoms with Crippen LogP contribution in [-0.4, -0.2) is 96.7 Å². The van der Waals surface area contributed by atoms with Crippen molar-refractivity contribution in [2.45, 2.75) is 406 Å². The lowest BCUT2D eigenvalue weighted by Gasteiger charge is -2.21. The molecule has 0 rings (SSSR count). The minimum Gasteiger partial charge on any atom is -0.462 e. The Hall–Kier alpha value is -3.76. The molecule has 17 nitrogen and oxygen atoms in total. The summed E-state index contributed by atoms with van der Waals surface area (Å²) in [5.74, 6) is -2.17. The molecule has 0 amide bonds. The third-order valence-electron chi connectivity index (χ3n) is 18.4. The molecule has 0 aromatic carbocycles. The summed E-state index contributed by atoms with van der Waals surface area (Å²) >= 11 is 0. The summed E-state index contributed by atoms with van der Waals surface area (Å²) in [4.78, 5) is 73.2. The summed E-state index contributed by atoms with van der Waals surface area (Å²) < 4.78 is 68.8. The second kappa shape index (κ2) is 79.3. The van der Waals surface area contributed by atoms with Crippen molar-refractivity contribution in [2.75, 3.05) is 39.6 Å². The van der Waals surface area contributed by atoms with Crippen LogP contribution in [0.15, 0.2) is 85.1 Å². The molecule has 0 bridgehead atoms. The van der Waals surface area contributed by atoms with Gasteiger partial charge in [-0.3, -0.25) is 37.3 Å². The molecule has 0 saturated heterocycles. The third-order valence-corrected chi connectivity index (χ3v) is 20.3. The van der Waals surface area contributed by atoms with E-state index in [-0.39, 0.29) is 25.7 Å². The second-order valence-corrected chi connectivity index (χ2v) is 31.7. The van der Waals surface area contributed by atoms with Crippen LogP contribution in [0.3, 0.4) is 0 Å². The van der Waals surface area contributed by atoms with Crippen LogP contribution in [0, 0.1) is 0 Å². The van der Waals surface area contributed by atoms with Crippen molar-refractivity contribution in [1.82, 2.24) is 0 Å². The summed E-state index contributed by atoms with van der Waals surface area (Å²) in [5, 5.41) is 10.7. The van der Waals surface area contributed by atoms with E-state index in [0.717, 1.165) is 167 Å². The van der Waals surface area contributed by atoms with Crippen LogP contribution in [0.2, 0.25) is 0 Å². The van der Waals surface area contributed by atoms with Crippen molar-refractivity contribution < 1.29 is 80.2 Å². The highest BCUT2D eigenvalue weighted by Gasteiger charge is 2.30. The zero-order chi connectivity index (χ0) is 77.4. The van der Waals surface area contributed by atoms with Crippen LogP contribution in [-0.2, 0) is 65.4 Å². The maximum atomic E-state index is 13.1. The van der Waals surface area contributed by atoms with Crippen molar-refractivity contribution in [1.29, 1.82) is 0 Å². The predicted octanol–water partition coefficient (Wildman–Crippen LogP) is 25.3. The number of aliphatic hydroxyl groups is 1. The fourth-order valence-corrected chi connectivity index (χ4v) is 13.4. The molecule has 0 aromatic rings. The molecule has 0 aliphatic heterocycles. The van der Waals surface area contributed by atoms with Gasteiger partial charge in [0, 0.05) is 25.7 Å². The van der Waals surface area contributed by atoms with Gasteiger partial charge in [-0.05, 0) is 103 Å². The van der Waals surface area contributed by atoms with Crippen LogP contribution in [0.25, 0.3) is 0 Å². The lowest BCUT2D eigenvalue weighted by atomic mass is 10.0. The van der Waals surface area contributed by atoms with Crippen molar-refractivity contribution in [3.8, 4) is 0 Å². The fourth-order valence-electron chi connectivity index (χ4n) is 11.9. The largest absolute Gasteiger partial charge is 0.472 e. The zero-order valence-corrected chi connectivity index (χ0v) is 69.4. The molecule has 3 N–H and O–H groups in total. The molecule has 0 aliphatic rings. The van der Waals surface area contributed by atoms with Gasteiger partial charge < -0.3 is 33.8 Å². The number of ether oxygens (including phenoxy) is 4. The Morgan fingerprint density at radius 1 is 0.274 bits per heavy atom. The molecule has 19 heteroatoms. The summed E-state index contributed by atoms with van der Waals surface area (Å²) in [6, 6.07) is 0. The van der Waals surface area contributed by atoms with E-state index in [0.29, 0.717) is 25.7 Å². The first-order valence-corrected chi connectivity index (χ1v) is 45.8. The first-order chi connectivity index (χ1) is 51.7. The number of hydrogen-bond acceptors (Lipinski definition) is 15. The highest BCUT2D eigenvalue weighted by atomic mass is 31.2. The molecular weight excluding hydrogens is 1380 g/mol. The van der Waals surface area contributed by atoms with Gasteiger partial charge in [0.1, 0.15) is 19.3 Å². The van der Waals surface area contributed by atoms with E-state index in [1.165, 1.54) is 141 Å². The van der Waals surface area contributed by atoms with Gasteiger partial charge in [0.15, 0.2) is 12.2 Å². The Kier molecular flexibility index (Phi) is 76.5.